The van der Waals surface area contributed by atoms with Crippen LogP contribution in [0.1, 0.15) is 27.0 Å². The summed E-state index contributed by atoms with van der Waals surface area (Å²) in [5.74, 6) is -0.170. The molecule has 9 heteroatoms. The van der Waals surface area contributed by atoms with Crippen molar-refractivity contribution in [1.82, 2.24) is 0 Å². The van der Waals surface area contributed by atoms with Crippen LogP contribution in [0.25, 0.3) is 10.8 Å². The van der Waals surface area contributed by atoms with Crippen LogP contribution in [0.15, 0.2) is 78.9 Å². The molecule has 4 aromatic rings. The van der Waals surface area contributed by atoms with Crippen LogP contribution in [0.2, 0.25) is 0 Å². The fourth-order valence-corrected chi connectivity index (χ4v) is 4.23. The first-order valence-corrected chi connectivity index (χ1v) is 11.5. The molecule has 1 aliphatic rings. The lowest BCUT2D eigenvalue weighted by molar-refractivity contribution is -0.121. The molecule has 0 aromatic heterocycles. The van der Waals surface area contributed by atoms with E-state index in [1.165, 1.54) is 0 Å². The SMILES string of the molecule is N=C(N)c1cccc(C(=O)Nc2ccc3c(c2)OCC(=O)N3Cc2ccc3ccc(C(=N)N)cc3c2)c1. The van der Waals surface area contributed by atoms with Crippen molar-refractivity contribution in [3.63, 3.8) is 0 Å². The molecule has 1 aliphatic heterocycles. The summed E-state index contributed by atoms with van der Waals surface area (Å²) < 4.78 is 5.67. The number of benzene rings is 4. The molecule has 0 bridgehead atoms. The number of carbonyl (C=O) groups excluding carboxylic acids is 2. The van der Waals surface area contributed by atoms with E-state index in [2.05, 4.69) is 5.32 Å². The molecule has 0 aliphatic carbocycles. The molecule has 0 unspecified atom stereocenters. The second-order valence-corrected chi connectivity index (χ2v) is 8.71. The van der Waals surface area contributed by atoms with Gasteiger partial charge in [-0.15, -0.1) is 0 Å². The van der Waals surface area contributed by atoms with Crippen LogP contribution < -0.4 is 26.4 Å². The van der Waals surface area contributed by atoms with Gasteiger partial charge >= 0.3 is 0 Å². The molecule has 0 radical (unpaired) electrons. The molecule has 2 amide bonds. The van der Waals surface area contributed by atoms with E-state index < -0.39 is 0 Å². The largest absolute Gasteiger partial charge is 0.481 e. The van der Waals surface area contributed by atoms with Crippen molar-refractivity contribution >= 4 is 45.6 Å². The summed E-state index contributed by atoms with van der Waals surface area (Å²) in [4.78, 5) is 27.2. The van der Waals surface area contributed by atoms with Crippen molar-refractivity contribution in [3.05, 3.63) is 101 Å². The summed E-state index contributed by atoms with van der Waals surface area (Å²) in [6.45, 7) is 0.214. The first kappa shape index (κ1) is 23.6. The van der Waals surface area contributed by atoms with Crippen LogP contribution in [0, 0.1) is 10.8 Å². The Morgan fingerprint density at radius 1 is 0.865 bits per heavy atom. The molecule has 0 saturated carbocycles. The van der Waals surface area contributed by atoms with Gasteiger partial charge in [0.1, 0.15) is 17.4 Å². The maximum Gasteiger partial charge on any atom is 0.265 e. The molecule has 9 nitrogen and oxygen atoms in total. The van der Waals surface area contributed by atoms with Gasteiger partial charge in [0.25, 0.3) is 11.8 Å². The van der Waals surface area contributed by atoms with Crippen LogP contribution in [-0.4, -0.2) is 30.1 Å². The van der Waals surface area contributed by atoms with Gasteiger partial charge in [-0.2, -0.15) is 0 Å². The summed E-state index contributed by atoms with van der Waals surface area (Å²) in [5, 5.41) is 20.0. The van der Waals surface area contributed by atoms with Crippen molar-refractivity contribution in [2.45, 2.75) is 6.54 Å². The molecule has 1 heterocycles. The topological polar surface area (TPSA) is 158 Å². The normalized spacial score (nSPS) is 12.5. The molecule has 7 N–H and O–H groups in total. The third kappa shape index (κ3) is 4.83. The maximum absolute atomic E-state index is 12.8. The van der Waals surface area contributed by atoms with E-state index in [9.17, 15) is 9.59 Å². The molecule has 5 rings (SSSR count). The lowest BCUT2D eigenvalue weighted by Gasteiger charge is -2.30. The third-order valence-electron chi connectivity index (χ3n) is 6.15. The van der Waals surface area contributed by atoms with E-state index in [0.29, 0.717) is 40.4 Å². The van der Waals surface area contributed by atoms with Gasteiger partial charge < -0.3 is 26.4 Å². The Bertz CT molecular complexity index is 1600. The standard InChI is InChI=1S/C28H24N6O3/c29-26(30)18-2-1-3-20(11-18)28(36)33-22-8-9-23-24(13-22)37-15-25(35)34(23)14-16-4-5-17-6-7-19(27(31)32)12-21(17)10-16/h1-13H,14-15H2,(H3,29,30)(H3,31,32)(H,33,36). The predicted octanol–water partition coefficient (Wildman–Crippen LogP) is 3.59. The average molecular weight is 493 g/mol. The minimum absolute atomic E-state index is 0.000889. The Kier molecular flexibility index (Phi) is 6.02. The Labute approximate surface area is 212 Å². The van der Waals surface area contributed by atoms with Gasteiger partial charge in [0, 0.05) is 28.4 Å². The molecule has 4 aromatic carbocycles. The van der Waals surface area contributed by atoms with Crippen molar-refractivity contribution in [2.24, 2.45) is 11.5 Å². The highest BCUT2D eigenvalue weighted by Crippen LogP contribution is 2.36. The molecule has 0 fully saturated rings. The van der Waals surface area contributed by atoms with Crippen molar-refractivity contribution < 1.29 is 14.3 Å². The zero-order chi connectivity index (χ0) is 26.1. The number of nitrogens with two attached hydrogens (primary N) is 2. The van der Waals surface area contributed by atoms with Crippen LogP contribution in [0.4, 0.5) is 11.4 Å². The van der Waals surface area contributed by atoms with Gasteiger partial charge in [-0.3, -0.25) is 20.4 Å². The van der Waals surface area contributed by atoms with Crippen LogP contribution in [0.5, 0.6) is 5.75 Å². The summed E-state index contributed by atoms with van der Waals surface area (Å²) in [5.41, 5.74) is 14.7. The van der Waals surface area contributed by atoms with E-state index in [4.69, 9.17) is 27.0 Å². The number of fused-ring (bicyclic) bond motifs is 2. The maximum atomic E-state index is 12.8. The highest BCUT2D eigenvalue weighted by molar-refractivity contribution is 6.07. The van der Waals surface area contributed by atoms with Crippen LogP contribution >= 0.6 is 0 Å². The Balaban J connectivity index is 1.38. The summed E-state index contributed by atoms with van der Waals surface area (Å²) >= 11 is 0. The predicted molar refractivity (Wildman–Crippen MR) is 144 cm³/mol. The first-order valence-electron chi connectivity index (χ1n) is 11.5. The molecule has 0 saturated heterocycles. The molecule has 37 heavy (non-hydrogen) atoms. The van der Waals surface area contributed by atoms with Gasteiger partial charge in [-0.25, -0.2) is 0 Å². The number of ether oxygens (including phenoxy) is 1. The van der Waals surface area contributed by atoms with Gasteiger partial charge in [0.05, 0.1) is 12.2 Å². The number of anilines is 2. The molecule has 0 atom stereocenters. The van der Waals surface area contributed by atoms with Gasteiger partial charge in [0.2, 0.25) is 0 Å². The minimum atomic E-state index is -0.354. The van der Waals surface area contributed by atoms with Crippen LogP contribution in [0.3, 0.4) is 0 Å². The van der Waals surface area contributed by atoms with E-state index >= 15 is 0 Å². The third-order valence-corrected chi connectivity index (χ3v) is 6.15. The smallest absolute Gasteiger partial charge is 0.265 e. The number of hydrogen-bond donors (Lipinski definition) is 5. The number of hydrogen-bond acceptors (Lipinski definition) is 5. The zero-order valence-corrected chi connectivity index (χ0v) is 19.7. The Morgan fingerprint density at radius 2 is 1.59 bits per heavy atom. The molecular weight excluding hydrogens is 468 g/mol. The molecular formula is C28H24N6O3. The molecule has 184 valence electrons. The van der Waals surface area contributed by atoms with Crippen molar-refractivity contribution in [2.75, 3.05) is 16.8 Å². The first-order chi connectivity index (χ1) is 17.8. The van der Waals surface area contributed by atoms with Gasteiger partial charge in [-0.05, 0) is 52.7 Å². The second-order valence-electron chi connectivity index (χ2n) is 8.71. The summed E-state index contributed by atoms with van der Waals surface area (Å²) in [7, 11) is 0. The Morgan fingerprint density at radius 3 is 2.38 bits per heavy atom. The van der Waals surface area contributed by atoms with Crippen molar-refractivity contribution in [1.29, 1.82) is 10.8 Å². The number of rotatable bonds is 6. The van der Waals surface area contributed by atoms with E-state index in [0.717, 1.165) is 16.3 Å². The lowest BCUT2D eigenvalue weighted by atomic mass is 10.0. The summed E-state index contributed by atoms with van der Waals surface area (Å²) in [6.07, 6.45) is 0. The number of amides is 2. The lowest BCUT2D eigenvalue weighted by Crippen LogP contribution is -2.38. The minimum Gasteiger partial charge on any atom is -0.481 e. The highest BCUT2D eigenvalue weighted by Gasteiger charge is 2.26. The van der Waals surface area contributed by atoms with Gasteiger partial charge in [0.15, 0.2) is 6.61 Å². The van der Waals surface area contributed by atoms with E-state index in [1.54, 1.807) is 47.4 Å². The number of amidine groups is 2. The number of nitrogens with zero attached hydrogens (tertiary/aromatic N) is 1. The number of nitrogens with one attached hydrogen (secondary N) is 3. The average Bonchev–Trinajstić information content (AvgIpc) is 2.90. The quantitative estimate of drug-likeness (QED) is 0.205. The molecule has 0 spiro atoms. The monoisotopic (exact) mass is 492 g/mol. The van der Waals surface area contributed by atoms with Crippen molar-refractivity contribution in [3.8, 4) is 5.75 Å². The highest BCUT2D eigenvalue weighted by atomic mass is 16.5. The fourth-order valence-electron chi connectivity index (χ4n) is 4.23. The zero-order valence-electron chi connectivity index (χ0n) is 19.7. The summed E-state index contributed by atoms with van der Waals surface area (Å²) in [6, 6.07) is 23.1. The Hall–Kier alpha value is -5.18. The van der Waals surface area contributed by atoms with Gasteiger partial charge in [-0.1, -0.05) is 36.4 Å². The van der Waals surface area contributed by atoms with E-state index in [-0.39, 0.29) is 30.1 Å². The van der Waals surface area contributed by atoms with Crippen LogP contribution in [-0.2, 0) is 11.3 Å². The van der Waals surface area contributed by atoms with E-state index in [1.807, 2.05) is 36.4 Å². The fraction of sp³-hybridized carbons (Fsp3) is 0.0714. The number of carbonyl (C=O) groups is 2. The number of nitrogen functional groups attached to an aromatic ring is 2. The second kappa shape index (κ2) is 9.46.